The molecule has 0 unspecified atom stereocenters. The van der Waals surface area contributed by atoms with E-state index in [1.807, 2.05) is 6.07 Å². The maximum Gasteiger partial charge on any atom is 0.326 e. The second-order valence-corrected chi connectivity index (χ2v) is 5.01. The third-order valence-electron chi connectivity index (χ3n) is 2.67. The van der Waals surface area contributed by atoms with Crippen molar-refractivity contribution >= 4 is 33.3 Å². The second kappa shape index (κ2) is 6.00. The molecule has 2 aromatic rings. The minimum absolute atomic E-state index is 0.191. The summed E-state index contributed by atoms with van der Waals surface area (Å²) in [5, 5.41) is 2.49. The van der Waals surface area contributed by atoms with Crippen LogP contribution in [0, 0.1) is 11.6 Å². The molecule has 0 aliphatic rings. The molecular weight excluding hydrogens is 330 g/mol. The van der Waals surface area contributed by atoms with Gasteiger partial charge in [-0.25, -0.2) is 13.6 Å². The van der Waals surface area contributed by atoms with Crippen molar-refractivity contribution in [2.24, 2.45) is 0 Å². The predicted molar refractivity (Wildman–Crippen MR) is 77.9 cm³/mol. The molecule has 0 aromatic heterocycles. The van der Waals surface area contributed by atoms with Gasteiger partial charge in [-0.05, 0) is 30.3 Å². The van der Waals surface area contributed by atoms with Crippen molar-refractivity contribution in [3.05, 3.63) is 58.6 Å². The van der Waals surface area contributed by atoms with Gasteiger partial charge in [0.25, 0.3) is 0 Å². The molecule has 0 spiro atoms. The Bertz CT molecular complexity index is 649. The van der Waals surface area contributed by atoms with Crippen LogP contribution >= 0.6 is 15.9 Å². The Kier molecular flexibility index (Phi) is 4.34. The largest absolute Gasteiger partial charge is 0.326 e. The molecule has 2 amide bonds. The number of nitrogens with zero attached hydrogens (tertiary/aromatic N) is 1. The van der Waals surface area contributed by atoms with Crippen LogP contribution in [0.5, 0.6) is 0 Å². The van der Waals surface area contributed by atoms with Gasteiger partial charge in [-0.3, -0.25) is 4.90 Å². The first kappa shape index (κ1) is 14.5. The maximum absolute atomic E-state index is 13.1. The Morgan fingerprint density at radius 3 is 2.55 bits per heavy atom. The first-order valence-electron chi connectivity index (χ1n) is 5.72. The highest BCUT2D eigenvalue weighted by molar-refractivity contribution is 9.10. The van der Waals surface area contributed by atoms with Gasteiger partial charge in [-0.15, -0.1) is 0 Å². The van der Waals surface area contributed by atoms with Crippen LogP contribution in [-0.4, -0.2) is 13.1 Å². The number of urea groups is 1. The molecule has 0 heterocycles. The lowest BCUT2D eigenvalue weighted by Gasteiger charge is -2.18. The first-order valence-corrected chi connectivity index (χ1v) is 6.52. The molecule has 2 rings (SSSR count). The van der Waals surface area contributed by atoms with E-state index in [0.717, 1.165) is 16.6 Å². The van der Waals surface area contributed by atoms with Gasteiger partial charge >= 0.3 is 6.03 Å². The normalized spacial score (nSPS) is 10.2. The van der Waals surface area contributed by atoms with E-state index in [2.05, 4.69) is 21.2 Å². The Hall–Kier alpha value is -1.95. The van der Waals surface area contributed by atoms with E-state index < -0.39 is 17.7 Å². The highest BCUT2D eigenvalue weighted by Crippen LogP contribution is 2.20. The quantitative estimate of drug-likeness (QED) is 0.863. The highest BCUT2D eigenvalue weighted by atomic mass is 79.9. The van der Waals surface area contributed by atoms with Crippen molar-refractivity contribution in [3.63, 3.8) is 0 Å². The molecule has 0 radical (unpaired) electrons. The van der Waals surface area contributed by atoms with E-state index in [-0.39, 0.29) is 5.69 Å². The minimum Gasteiger partial charge on any atom is -0.307 e. The molecule has 0 saturated carbocycles. The summed E-state index contributed by atoms with van der Waals surface area (Å²) in [6, 6.07) is 9.90. The van der Waals surface area contributed by atoms with Crippen molar-refractivity contribution in [3.8, 4) is 0 Å². The topological polar surface area (TPSA) is 32.3 Å². The van der Waals surface area contributed by atoms with Crippen molar-refractivity contribution in [1.82, 2.24) is 0 Å². The summed E-state index contributed by atoms with van der Waals surface area (Å²) >= 11 is 3.31. The Balaban J connectivity index is 2.13. The van der Waals surface area contributed by atoms with Crippen LogP contribution in [0.2, 0.25) is 0 Å². The average molecular weight is 341 g/mol. The van der Waals surface area contributed by atoms with Crippen LogP contribution in [0.25, 0.3) is 0 Å². The van der Waals surface area contributed by atoms with Crippen LogP contribution in [0.3, 0.4) is 0 Å². The minimum atomic E-state index is -1.01. The summed E-state index contributed by atoms with van der Waals surface area (Å²) in [4.78, 5) is 13.4. The van der Waals surface area contributed by atoms with E-state index in [1.165, 1.54) is 11.0 Å². The van der Waals surface area contributed by atoms with Gasteiger partial charge in [-0.2, -0.15) is 0 Å². The van der Waals surface area contributed by atoms with Gasteiger partial charge in [0.15, 0.2) is 11.6 Å². The molecule has 0 atom stereocenters. The second-order valence-electron chi connectivity index (χ2n) is 4.10. The average Bonchev–Trinajstić information content (AvgIpc) is 2.42. The lowest BCUT2D eigenvalue weighted by molar-refractivity contribution is 0.258. The molecule has 20 heavy (non-hydrogen) atoms. The summed E-state index contributed by atoms with van der Waals surface area (Å²) in [5.41, 5.74) is 0.857. The first-order chi connectivity index (χ1) is 9.47. The number of amides is 2. The molecular formula is C14H11BrF2N2O. The monoisotopic (exact) mass is 340 g/mol. The van der Waals surface area contributed by atoms with Gasteiger partial charge in [0.2, 0.25) is 0 Å². The number of anilines is 2. The molecule has 0 saturated heterocycles. The highest BCUT2D eigenvalue weighted by Gasteiger charge is 2.12. The summed E-state index contributed by atoms with van der Waals surface area (Å²) in [5.74, 6) is -1.96. The van der Waals surface area contributed by atoms with Gasteiger partial charge < -0.3 is 5.32 Å². The number of carbonyl (C=O) groups excluding carboxylic acids is 1. The number of nitrogens with one attached hydrogen (secondary N) is 1. The smallest absolute Gasteiger partial charge is 0.307 e. The lowest BCUT2D eigenvalue weighted by atomic mass is 10.3. The lowest BCUT2D eigenvalue weighted by Crippen LogP contribution is -2.31. The summed E-state index contributed by atoms with van der Waals surface area (Å²) in [6.07, 6.45) is 0. The van der Waals surface area contributed by atoms with Crippen LogP contribution < -0.4 is 10.2 Å². The molecule has 104 valence electrons. The van der Waals surface area contributed by atoms with Gasteiger partial charge in [0.05, 0.1) is 0 Å². The number of halogens is 3. The Morgan fingerprint density at radius 2 is 1.90 bits per heavy atom. The fourth-order valence-electron chi connectivity index (χ4n) is 1.58. The van der Waals surface area contributed by atoms with Crippen molar-refractivity contribution < 1.29 is 13.6 Å². The van der Waals surface area contributed by atoms with Crippen LogP contribution in [-0.2, 0) is 0 Å². The zero-order valence-corrected chi connectivity index (χ0v) is 12.1. The van der Waals surface area contributed by atoms with Crippen LogP contribution in [0.4, 0.5) is 25.0 Å². The van der Waals surface area contributed by atoms with Crippen molar-refractivity contribution in [2.45, 2.75) is 0 Å². The number of rotatable bonds is 2. The Morgan fingerprint density at radius 1 is 1.15 bits per heavy atom. The summed E-state index contributed by atoms with van der Waals surface area (Å²) < 4.78 is 26.7. The SMILES string of the molecule is CN(C(=O)Nc1ccc(F)c(F)c1)c1cccc(Br)c1. The number of carbonyl (C=O) groups is 1. The maximum atomic E-state index is 13.1. The molecule has 1 N–H and O–H groups in total. The van der Waals surface area contributed by atoms with Gasteiger partial charge in [0.1, 0.15) is 0 Å². The van der Waals surface area contributed by atoms with E-state index in [1.54, 1.807) is 25.2 Å². The van der Waals surface area contributed by atoms with Crippen molar-refractivity contribution in [2.75, 3.05) is 17.3 Å². The molecule has 0 fully saturated rings. The molecule has 6 heteroatoms. The zero-order valence-electron chi connectivity index (χ0n) is 10.5. The van der Waals surface area contributed by atoms with Crippen LogP contribution in [0.1, 0.15) is 0 Å². The number of benzene rings is 2. The van der Waals surface area contributed by atoms with E-state index >= 15 is 0 Å². The molecule has 2 aromatic carbocycles. The van der Waals surface area contributed by atoms with E-state index in [9.17, 15) is 13.6 Å². The van der Waals surface area contributed by atoms with Gasteiger partial charge in [0, 0.05) is 29.0 Å². The zero-order chi connectivity index (χ0) is 14.7. The summed E-state index contributed by atoms with van der Waals surface area (Å²) in [6.45, 7) is 0. The fraction of sp³-hybridized carbons (Fsp3) is 0.0714. The molecule has 0 aliphatic carbocycles. The van der Waals surface area contributed by atoms with E-state index in [0.29, 0.717) is 5.69 Å². The summed E-state index contributed by atoms with van der Waals surface area (Å²) in [7, 11) is 1.58. The van der Waals surface area contributed by atoms with Gasteiger partial charge in [-0.1, -0.05) is 22.0 Å². The standard InChI is InChI=1S/C14H11BrF2N2O/c1-19(11-4-2-3-9(15)7-11)14(20)18-10-5-6-12(16)13(17)8-10/h2-8H,1H3,(H,18,20). The molecule has 0 bridgehead atoms. The Labute approximate surface area is 123 Å². The third kappa shape index (κ3) is 3.33. The van der Waals surface area contributed by atoms with E-state index in [4.69, 9.17) is 0 Å². The fourth-order valence-corrected chi connectivity index (χ4v) is 1.97. The third-order valence-corrected chi connectivity index (χ3v) is 3.16. The predicted octanol–water partition coefficient (Wildman–Crippen LogP) is 4.40. The molecule has 3 nitrogen and oxygen atoms in total. The molecule has 0 aliphatic heterocycles. The van der Waals surface area contributed by atoms with Crippen LogP contribution in [0.15, 0.2) is 46.9 Å². The number of hydrogen-bond donors (Lipinski definition) is 1. The van der Waals surface area contributed by atoms with Crippen molar-refractivity contribution in [1.29, 1.82) is 0 Å². The number of hydrogen-bond acceptors (Lipinski definition) is 1.